The molecule has 3 aromatic rings. The van der Waals surface area contributed by atoms with Gasteiger partial charge in [0.25, 0.3) is 11.5 Å². The molecule has 1 amide bonds. The number of amides is 1. The van der Waals surface area contributed by atoms with Crippen molar-refractivity contribution >= 4 is 39.7 Å². The van der Waals surface area contributed by atoms with Crippen molar-refractivity contribution in [2.45, 2.75) is 27.3 Å². The fourth-order valence-electron chi connectivity index (χ4n) is 2.80. The molecule has 3 heterocycles. The normalized spacial score (nSPS) is 11.3. The van der Waals surface area contributed by atoms with Gasteiger partial charge in [0.15, 0.2) is 10.5 Å². The summed E-state index contributed by atoms with van der Waals surface area (Å²) in [6, 6.07) is 0. The van der Waals surface area contributed by atoms with Crippen LogP contribution in [0.1, 0.15) is 27.9 Å². The molecule has 0 saturated carbocycles. The van der Waals surface area contributed by atoms with Gasteiger partial charge >= 0.3 is 0 Å². The molecule has 10 heteroatoms. The van der Waals surface area contributed by atoms with Gasteiger partial charge in [-0.1, -0.05) is 0 Å². The van der Waals surface area contributed by atoms with Crippen molar-refractivity contribution in [3.05, 3.63) is 37.5 Å². The zero-order valence-electron chi connectivity index (χ0n) is 15.6. The van der Waals surface area contributed by atoms with Crippen molar-refractivity contribution in [3.63, 3.8) is 0 Å². The Labute approximate surface area is 164 Å². The maximum atomic E-state index is 13.2. The first-order valence-corrected chi connectivity index (χ1v) is 9.71. The number of aromatic nitrogens is 4. The maximum Gasteiger partial charge on any atom is 0.274 e. The van der Waals surface area contributed by atoms with Gasteiger partial charge in [-0.3, -0.25) is 14.3 Å². The predicted molar refractivity (Wildman–Crippen MR) is 108 cm³/mol. The van der Waals surface area contributed by atoms with E-state index in [4.69, 9.17) is 17.0 Å². The molecule has 8 nitrogen and oxygen atoms in total. The van der Waals surface area contributed by atoms with Crippen LogP contribution in [0.4, 0.5) is 0 Å². The number of carbonyl (C=O) groups excluding carboxylic acids is 1. The summed E-state index contributed by atoms with van der Waals surface area (Å²) in [5, 5.41) is 7.65. The molecule has 0 aromatic carbocycles. The van der Waals surface area contributed by atoms with Crippen molar-refractivity contribution < 1.29 is 9.53 Å². The second-order valence-corrected chi connectivity index (χ2v) is 7.64. The monoisotopic (exact) mass is 407 g/mol. The summed E-state index contributed by atoms with van der Waals surface area (Å²) in [4.78, 5) is 30.7. The van der Waals surface area contributed by atoms with E-state index in [-0.39, 0.29) is 21.9 Å². The van der Waals surface area contributed by atoms with Crippen molar-refractivity contribution in [2.24, 2.45) is 0 Å². The molecule has 27 heavy (non-hydrogen) atoms. The highest BCUT2D eigenvalue weighted by Gasteiger charge is 2.22. The summed E-state index contributed by atoms with van der Waals surface area (Å²) in [6.45, 7) is 7.06. The molecule has 0 atom stereocenters. The summed E-state index contributed by atoms with van der Waals surface area (Å²) in [7, 11) is 1.56. The average molecular weight is 408 g/mol. The average Bonchev–Trinajstić information content (AvgIpc) is 3.16. The van der Waals surface area contributed by atoms with Gasteiger partial charge in [-0.2, -0.15) is 5.10 Å². The van der Waals surface area contributed by atoms with E-state index in [0.29, 0.717) is 30.8 Å². The number of H-pyrrole nitrogens is 1. The second-order valence-electron chi connectivity index (χ2n) is 6.03. The van der Waals surface area contributed by atoms with E-state index in [9.17, 15) is 9.59 Å². The number of carbonyl (C=O) groups is 1. The second kappa shape index (κ2) is 7.75. The van der Waals surface area contributed by atoms with E-state index in [0.717, 1.165) is 15.3 Å². The molecule has 3 aromatic heterocycles. The number of nitrogens with zero attached hydrogens (tertiary/aromatic N) is 3. The lowest BCUT2D eigenvalue weighted by Gasteiger charge is -2.07. The van der Waals surface area contributed by atoms with Crippen LogP contribution in [-0.4, -0.2) is 45.5 Å². The van der Waals surface area contributed by atoms with E-state index < -0.39 is 0 Å². The Kier molecular flexibility index (Phi) is 5.59. The number of methoxy groups -OCH3 is 1. The summed E-state index contributed by atoms with van der Waals surface area (Å²) in [6.07, 6.45) is 1.66. The van der Waals surface area contributed by atoms with Crippen LogP contribution >= 0.6 is 23.6 Å². The van der Waals surface area contributed by atoms with Gasteiger partial charge in [0.05, 0.1) is 18.2 Å². The molecule has 0 saturated heterocycles. The summed E-state index contributed by atoms with van der Waals surface area (Å²) in [5.74, 6) is -0.381. The minimum atomic E-state index is -0.381. The molecule has 0 spiro atoms. The van der Waals surface area contributed by atoms with Crippen LogP contribution < -0.4 is 10.9 Å². The number of hydrogen-bond acceptors (Lipinski definition) is 6. The van der Waals surface area contributed by atoms with Gasteiger partial charge in [0.2, 0.25) is 0 Å². The Bertz CT molecular complexity index is 1120. The van der Waals surface area contributed by atoms with E-state index in [1.807, 2.05) is 20.8 Å². The maximum absolute atomic E-state index is 13.2. The lowest BCUT2D eigenvalue weighted by Crippen LogP contribution is -2.29. The first kappa shape index (κ1) is 19.5. The predicted octanol–water partition coefficient (Wildman–Crippen LogP) is 2.32. The molecular weight excluding hydrogens is 386 g/mol. The van der Waals surface area contributed by atoms with Gasteiger partial charge in [-0.05, 0) is 38.6 Å². The highest BCUT2D eigenvalue weighted by atomic mass is 32.1. The Morgan fingerprint density at radius 3 is 2.85 bits per heavy atom. The number of aryl methyl sites for hydroxylation is 3. The fourth-order valence-corrected chi connectivity index (χ4v) is 4.20. The van der Waals surface area contributed by atoms with Crippen LogP contribution in [0.25, 0.3) is 15.9 Å². The Balaban J connectivity index is 2.20. The zero-order valence-corrected chi connectivity index (χ0v) is 17.2. The molecule has 0 fully saturated rings. The fraction of sp³-hybridized carbons (Fsp3) is 0.412. The molecule has 0 aliphatic heterocycles. The molecule has 2 N–H and O–H groups in total. The van der Waals surface area contributed by atoms with Crippen LogP contribution in [0.2, 0.25) is 0 Å². The number of ether oxygens (including phenoxy) is 1. The Hall–Kier alpha value is -2.30. The third-order valence-corrected chi connectivity index (χ3v) is 5.75. The molecule has 0 bridgehead atoms. The molecule has 0 unspecified atom stereocenters. The number of nitrogens with one attached hydrogen (secondary N) is 2. The van der Waals surface area contributed by atoms with E-state index in [1.165, 1.54) is 15.9 Å². The van der Waals surface area contributed by atoms with Gasteiger partial charge in [-0.15, -0.1) is 11.3 Å². The first-order chi connectivity index (χ1) is 12.9. The van der Waals surface area contributed by atoms with Gasteiger partial charge in [-0.25, -0.2) is 4.57 Å². The van der Waals surface area contributed by atoms with Crippen molar-refractivity contribution in [2.75, 3.05) is 20.3 Å². The molecule has 0 radical (unpaired) electrons. The van der Waals surface area contributed by atoms with Crippen molar-refractivity contribution in [1.82, 2.24) is 24.6 Å². The van der Waals surface area contributed by atoms with Crippen molar-refractivity contribution in [1.29, 1.82) is 0 Å². The minimum absolute atomic E-state index is 0.151. The number of fused-ring (bicyclic) bond motifs is 1. The third-order valence-electron chi connectivity index (χ3n) is 4.34. The van der Waals surface area contributed by atoms with Gasteiger partial charge in [0, 0.05) is 25.1 Å². The summed E-state index contributed by atoms with van der Waals surface area (Å²) >= 11 is 6.92. The summed E-state index contributed by atoms with van der Waals surface area (Å²) < 4.78 is 8.14. The van der Waals surface area contributed by atoms with Crippen LogP contribution in [0.15, 0.2) is 11.0 Å². The van der Waals surface area contributed by atoms with E-state index in [2.05, 4.69) is 15.4 Å². The van der Waals surface area contributed by atoms with Gasteiger partial charge < -0.3 is 15.0 Å². The Morgan fingerprint density at radius 2 is 2.19 bits per heavy atom. The molecular formula is C17H21N5O3S2. The van der Waals surface area contributed by atoms with Crippen molar-refractivity contribution in [3.8, 4) is 5.69 Å². The molecule has 0 aliphatic rings. The molecule has 0 aliphatic carbocycles. The Morgan fingerprint density at radius 1 is 1.44 bits per heavy atom. The highest BCUT2D eigenvalue weighted by molar-refractivity contribution is 7.71. The SMILES string of the molecule is CCn1cc(-n2c(=S)[nH]c3sc(C)c(C)c3c2=O)c(C(=O)NCCOC)n1. The van der Waals surface area contributed by atoms with Crippen LogP contribution in [0, 0.1) is 18.6 Å². The molecule has 144 valence electrons. The van der Waals surface area contributed by atoms with Crippen LogP contribution in [0.3, 0.4) is 0 Å². The first-order valence-electron chi connectivity index (χ1n) is 8.49. The zero-order chi connectivity index (χ0) is 19.7. The smallest absolute Gasteiger partial charge is 0.274 e. The van der Waals surface area contributed by atoms with E-state index >= 15 is 0 Å². The largest absolute Gasteiger partial charge is 0.383 e. The minimum Gasteiger partial charge on any atom is -0.383 e. The highest BCUT2D eigenvalue weighted by Crippen LogP contribution is 2.26. The lowest BCUT2D eigenvalue weighted by atomic mass is 10.2. The topological polar surface area (TPSA) is 93.9 Å². The molecule has 3 rings (SSSR count). The number of hydrogen-bond donors (Lipinski definition) is 2. The number of rotatable bonds is 6. The van der Waals surface area contributed by atoms with Gasteiger partial charge in [0.1, 0.15) is 10.5 Å². The van der Waals surface area contributed by atoms with Crippen LogP contribution in [0.5, 0.6) is 0 Å². The quantitative estimate of drug-likeness (QED) is 0.483. The number of thiophene rings is 1. The van der Waals surface area contributed by atoms with Crippen LogP contribution in [-0.2, 0) is 11.3 Å². The standard InChI is InChI=1S/C17H21N5O3S2/c1-5-21-8-11(13(20-21)14(23)18-6-7-25-4)22-16(24)12-9(2)10(3)27-15(12)19-17(22)26/h8H,5-7H2,1-4H3,(H,18,23)(H,19,26). The van der Waals surface area contributed by atoms with E-state index in [1.54, 1.807) is 18.0 Å². The third kappa shape index (κ3) is 3.47. The number of aromatic amines is 1. The lowest BCUT2D eigenvalue weighted by molar-refractivity contribution is 0.0931. The summed E-state index contributed by atoms with van der Waals surface area (Å²) in [5.41, 5.74) is 1.17.